The molecule has 0 heterocycles. The van der Waals surface area contributed by atoms with Gasteiger partial charge in [-0.05, 0) is 25.8 Å². The van der Waals surface area contributed by atoms with Crippen molar-refractivity contribution in [1.82, 2.24) is 0 Å². The number of hydrogen-bond donors (Lipinski definition) is 0. The average molecular weight is 258 g/mol. The van der Waals surface area contributed by atoms with E-state index in [9.17, 15) is 18.0 Å². The lowest BCUT2D eigenvalue weighted by atomic mass is 10.0. The summed E-state index contributed by atoms with van der Waals surface area (Å²) in [5.74, 6) is -0.135. The van der Waals surface area contributed by atoms with Crippen LogP contribution >= 0.6 is 0 Å². The molecule has 0 fully saturated rings. The van der Waals surface area contributed by atoms with Crippen LogP contribution in [0.4, 0.5) is 13.2 Å². The van der Waals surface area contributed by atoms with Crippen molar-refractivity contribution in [2.75, 3.05) is 0 Å². The predicted molar refractivity (Wildman–Crippen MR) is 64.5 cm³/mol. The number of ketones is 1. The van der Waals surface area contributed by atoms with Crippen LogP contribution in [0, 0.1) is 13.8 Å². The van der Waals surface area contributed by atoms with Crippen LogP contribution in [0.2, 0.25) is 0 Å². The first kappa shape index (κ1) is 14.7. The molecule has 0 bridgehead atoms. The molecule has 1 nitrogen and oxygen atoms in total. The lowest BCUT2D eigenvalue weighted by Crippen LogP contribution is -2.09. The zero-order valence-electron chi connectivity index (χ0n) is 10.6. The van der Waals surface area contributed by atoms with Crippen LogP contribution < -0.4 is 0 Å². The van der Waals surface area contributed by atoms with Gasteiger partial charge in [-0.25, -0.2) is 0 Å². The van der Waals surface area contributed by atoms with E-state index >= 15 is 0 Å². The Morgan fingerprint density at radius 3 is 2.17 bits per heavy atom. The maximum atomic E-state index is 11.9. The van der Waals surface area contributed by atoms with E-state index in [1.54, 1.807) is 0 Å². The summed E-state index contributed by atoms with van der Waals surface area (Å²) in [6.07, 6.45) is -4.95. The highest BCUT2D eigenvalue weighted by Crippen LogP contribution is 2.22. The van der Waals surface area contributed by atoms with Crippen molar-refractivity contribution in [3.8, 4) is 0 Å². The third kappa shape index (κ3) is 5.84. The molecular weight excluding hydrogens is 241 g/mol. The Morgan fingerprint density at radius 2 is 1.67 bits per heavy atom. The normalized spacial score (nSPS) is 11.6. The fourth-order valence-corrected chi connectivity index (χ4v) is 1.97. The Bertz CT molecular complexity index is 401. The number of alkyl halides is 3. The highest BCUT2D eigenvalue weighted by molar-refractivity contribution is 5.80. The van der Waals surface area contributed by atoms with Crippen LogP contribution in [-0.4, -0.2) is 12.0 Å². The molecule has 4 heteroatoms. The molecular formula is C14H17F3O. The Labute approximate surface area is 105 Å². The van der Waals surface area contributed by atoms with Gasteiger partial charge in [-0.3, -0.25) is 4.79 Å². The molecule has 0 N–H and O–H groups in total. The molecule has 1 aromatic rings. The van der Waals surface area contributed by atoms with Gasteiger partial charge in [-0.1, -0.05) is 29.3 Å². The van der Waals surface area contributed by atoms with Crippen LogP contribution in [0.3, 0.4) is 0 Å². The molecule has 1 rings (SSSR count). The second-order valence-corrected chi connectivity index (χ2v) is 4.68. The van der Waals surface area contributed by atoms with Crippen molar-refractivity contribution in [2.45, 2.75) is 45.7 Å². The number of hydrogen-bond acceptors (Lipinski definition) is 1. The summed E-state index contributed by atoms with van der Waals surface area (Å²) in [6.45, 7) is 3.87. The lowest BCUT2D eigenvalue weighted by Gasteiger charge is -2.06. The summed E-state index contributed by atoms with van der Waals surface area (Å²) >= 11 is 0. The standard InChI is InChI=1S/C14H17F3O/c1-10-6-11(2)8-12(7-10)9-13(18)4-3-5-14(15,16)17/h6-8H,3-5,9H2,1-2H3. The molecule has 1 aromatic carbocycles. The second-order valence-electron chi connectivity index (χ2n) is 4.68. The molecule has 100 valence electrons. The lowest BCUT2D eigenvalue weighted by molar-refractivity contribution is -0.137. The van der Waals surface area contributed by atoms with Crippen molar-refractivity contribution < 1.29 is 18.0 Å². The molecule has 0 aliphatic heterocycles. The Hall–Kier alpha value is -1.32. The molecule has 0 saturated heterocycles. The number of aryl methyl sites for hydroxylation is 2. The van der Waals surface area contributed by atoms with Gasteiger partial charge >= 0.3 is 6.18 Å². The minimum absolute atomic E-state index is 0.00744. The van der Waals surface area contributed by atoms with Gasteiger partial charge in [0.1, 0.15) is 5.78 Å². The van der Waals surface area contributed by atoms with Gasteiger partial charge in [0.25, 0.3) is 0 Å². The highest BCUT2D eigenvalue weighted by Gasteiger charge is 2.26. The third-order valence-corrected chi connectivity index (χ3v) is 2.60. The number of carbonyl (C=O) groups excluding carboxylic acids is 1. The molecule has 18 heavy (non-hydrogen) atoms. The van der Waals surface area contributed by atoms with E-state index in [2.05, 4.69) is 0 Å². The van der Waals surface area contributed by atoms with E-state index in [4.69, 9.17) is 0 Å². The third-order valence-electron chi connectivity index (χ3n) is 2.60. The number of Topliss-reactive ketones (excluding diaryl/α,β-unsaturated/α-hetero) is 1. The molecule has 0 aliphatic rings. The van der Waals surface area contributed by atoms with Gasteiger partial charge in [0.15, 0.2) is 0 Å². The summed E-state index contributed by atoms with van der Waals surface area (Å²) in [5, 5.41) is 0. The number of carbonyl (C=O) groups is 1. The van der Waals surface area contributed by atoms with Gasteiger partial charge in [0.2, 0.25) is 0 Å². The fourth-order valence-electron chi connectivity index (χ4n) is 1.97. The SMILES string of the molecule is Cc1cc(C)cc(CC(=O)CCCC(F)(F)F)c1. The smallest absolute Gasteiger partial charge is 0.299 e. The Kier molecular flexibility index (Phi) is 4.93. The van der Waals surface area contributed by atoms with E-state index in [0.29, 0.717) is 0 Å². The van der Waals surface area contributed by atoms with Gasteiger partial charge in [0, 0.05) is 19.3 Å². The first-order chi connectivity index (χ1) is 8.26. The van der Waals surface area contributed by atoms with Crippen molar-refractivity contribution in [1.29, 1.82) is 0 Å². The summed E-state index contributed by atoms with van der Waals surface area (Å²) in [5.41, 5.74) is 3.01. The fraction of sp³-hybridized carbons (Fsp3) is 0.500. The van der Waals surface area contributed by atoms with Crippen molar-refractivity contribution >= 4 is 5.78 Å². The van der Waals surface area contributed by atoms with E-state index in [1.807, 2.05) is 32.0 Å². The average Bonchev–Trinajstić information content (AvgIpc) is 2.12. The zero-order chi connectivity index (χ0) is 13.8. The van der Waals surface area contributed by atoms with Crippen LogP contribution in [0.25, 0.3) is 0 Å². The topological polar surface area (TPSA) is 17.1 Å². The van der Waals surface area contributed by atoms with Crippen LogP contribution in [0.15, 0.2) is 18.2 Å². The molecule has 0 saturated carbocycles. The minimum Gasteiger partial charge on any atom is -0.299 e. The van der Waals surface area contributed by atoms with Gasteiger partial charge in [-0.2, -0.15) is 13.2 Å². The minimum atomic E-state index is -4.17. The van der Waals surface area contributed by atoms with E-state index in [-0.39, 0.29) is 25.0 Å². The molecule has 0 amide bonds. The maximum Gasteiger partial charge on any atom is 0.389 e. The van der Waals surface area contributed by atoms with E-state index in [0.717, 1.165) is 16.7 Å². The number of benzene rings is 1. The van der Waals surface area contributed by atoms with E-state index < -0.39 is 12.6 Å². The summed E-state index contributed by atoms with van der Waals surface area (Å²) in [7, 11) is 0. The van der Waals surface area contributed by atoms with Crippen molar-refractivity contribution in [3.05, 3.63) is 34.9 Å². The quantitative estimate of drug-likeness (QED) is 0.775. The zero-order valence-corrected chi connectivity index (χ0v) is 10.6. The first-order valence-corrected chi connectivity index (χ1v) is 5.92. The Balaban J connectivity index is 2.45. The van der Waals surface area contributed by atoms with Gasteiger partial charge in [0.05, 0.1) is 0 Å². The maximum absolute atomic E-state index is 11.9. The molecule has 0 radical (unpaired) electrons. The number of rotatable bonds is 5. The summed E-state index contributed by atoms with van der Waals surface area (Å²) < 4.78 is 35.8. The molecule has 0 spiro atoms. The first-order valence-electron chi connectivity index (χ1n) is 5.92. The van der Waals surface area contributed by atoms with Crippen LogP contribution in [0.1, 0.15) is 36.0 Å². The highest BCUT2D eigenvalue weighted by atomic mass is 19.4. The summed E-state index contributed by atoms with van der Waals surface area (Å²) in [4.78, 5) is 11.6. The largest absolute Gasteiger partial charge is 0.389 e. The number of halogens is 3. The van der Waals surface area contributed by atoms with E-state index in [1.165, 1.54) is 0 Å². The van der Waals surface area contributed by atoms with Gasteiger partial charge < -0.3 is 0 Å². The van der Waals surface area contributed by atoms with Crippen molar-refractivity contribution in [2.24, 2.45) is 0 Å². The monoisotopic (exact) mass is 258 g/mol. The van der Waals surface area contributed by atoms with Gasteiger partial charge in [-0.15, -0.1) is 0 Å². The van der Waals surface area contributed by atoms with Crippen molar-refractivity contribution in [3.63, 3.8) is 0 Å². The molecule has 0 atom stereocenters. The van der Waals surface area contributed by atoms with Crippen LogP contribution in [-0.2, 0) is 11.2 Å². The second kappa shape index (κ2) is 6.03. The molecule has 0 unspecified atom stereocenters. The summed E-state index contributed by atoms with van der Waals surface area (Å²) in [6, 6.07) is 5.79. The predicted octanol–water partition coefficient (Wildman–Crippen LogP) is 4.15. The van der Waals surface area contributed by atoms with Crippen LogP contribution in [0.5, 0.6) is 0 Å². The molecule has 0 aliphatic carbocycles. The Morgan fingerprint density at radius 1 is 1.11 bits per heavy atom. The molecule has 0 aromatic heterocycles.